The number of fused-ring (bicyclic) bond motifs is 3. The molecule has 1 aliphatic heterocycles. The molecule has 29 heavy (non-hydrogen) atoms. The van der Waals surface area contributed by atoms with Crippen molar-refractivity contribution in [1.29, 1.82) is 0 Å². The maximum absolute atomic E-state index is 12.3. The zero-order valence-electron chi connectivity index (χ0n) is 16.3. The number of aromatic nitrogens is 4. The highest BCUT2D eigenvalue weighted by Gasteiger charge is 2.21. The standard InChI is InChI=1S/C21H20N6OS/c1-12-13(2)25-26-20-16(12)17-18(29-20)19(24-11-23-17)22-10-14-4-6-15(7-5-14)21(28)27-8-3-9-27/h4-7,11H,3,8-10H2,1-2H3,(H,22,23,24). The van der Waals surface area contributed by atoms with Gasteiger partial charge in [-0.1, -0.05) is 12.1 Å². The number of nitrogens with one attached hydrogen (secondary N) is 1. The summed E-state index contributed by atoms with van der Waals surface area (Å²) in [6.45, 7) is 6.36. The van der Waals surface area contributed by atoms with Crippen LogP contribution in [0.25, 0.3) is 20.4 Å². The maximum Gasteiger partial charge on any atom is 0.253 e. The number of nitrogens with zero attached hydrogens (tertiary/aromatic N) is 5. The number of benzene rings is 1. The Bertz CT molecular complexity index is 1230. The van der Waals surface area contributed by atoms with E-state index in [-0.39, 0.29) is 5.91 Å². The van der Waals surface area contributed by atoms with Crippen molar-refractivity contribution in [3.8, 4) is 0 Å². The van der Waals surface area contributed by atoms with E-state index in [1.165, 1.54) is 0 Å². The number of anilines is 1. The van der Waals surface area contributed by atoms with Crippen LogP contribution in [0.1, 0.15) is 33.6 Å². The van der Waals surface area contributed by atoms with Crippen LogP contribution < -0.4 is 5.32 Å². The summed E-state index contributed by atoms with van der Waals surface area (Å²) in [5.74, 6) is 0.904. The van der Waals surface area contributed by atoms with Crippen molar-refractivity contribution in [2.75, 3.05) is 18.4 Å². The SMILES string of the molecule is Cc1nnc2sc3c(NCc4ccc(C(=O)N5CCC5)cc4)ncnc3c2c1C. The van der Waals surface area contributed by atoms with Crippen LogP contribution in [0.2, 0.25) is 0 Å². The van der Waals surface area contributed by atoms with Gasteiger partial charge in [0, 0.05) is 30.6 Å². The molecule has 146 valence electrons. The van der Waals surface area contributed by atoms with Gasteiger partial charge in [-0.05, 0) is 43.5 Å². The highest BCUT2D eigenvalue weighted by Crippen LogP contribution is 2.36. The summed E-state index contributed by atoms with van der Waals surface area (Å²) < 4.78 is 0.982. The second-order valence-electron chi connectivity index (χ2n) is 7.29. The van der Waals surface area contributed by atoms with Crippen LogP contribution in [0.5, 0.6) is 0 Å². The average Bonchev–Trinajstić information content (AvgIpc) is 3.08. The molecule has 4 aromatic rings. The Balaban J connectivity index is 1.39. The van der Waals surface area contributed by atoms with Gasteiger partial charge >= 0.3 is 0 Å². The van der Waals surface area contributed by atoms with Crippen LogP contribution in [0.3, 0.4) is 0 Å². The highest BCUT2D eigenvalue weighted by atomic mass is 32.1. The minimum Gasteiger partial charge on any atom is -0.365 e. The van der Waals surface area contributed by atoms with Crippen LogP contribution in [0.15, 0.2) is 30.6 Å². The molecule has 0 radical (unpaired) electrons. The van der Waals surface area contributed by atoms with Crippen LogP contribution in [-0.2, 0) is 6.54 Å². The summed E-state index contributed by atoms with van der Waals surface area (Å²) in [7, 11) is 0. The minimum atomic E-state index is 0.116. The van der Waals surface area contributed by atoms with E-state index < -0.39 is 0 Å². The zero-order valence-corrected chi connectivity index (χ0v) is 17.1. The molecule has 4 heterocycles. The van der Waals surface area contributed by atoms with Gasteiger partial charge in [0.1, 0.15) is 17.0 Å². The Hall–Kier alpha value is -3.13. The minimum absolute atomic E-state index is 0.116. The Morgan fingerprint density at radius 1 is 1.14 bits per heavy atom. The fraction of sp³-hybridized carbons (Fsp3) is 0.286. The molecule has 1 N–H and O–H groups in total. The quantitative estimate of drug-likeness (QED) is 0.558. The summed E-state index contributed by atoms with van der Waals surface area (Å²) in [6, 6.07) is 7.77. The lowest BCUT2D eigenvalue weighted by Gasteiger charge is -2.30. The molecule has 1 saturated heterocycles. The molecule has 7 nitrogen and oxygen atoms in total. The van der Waals surface area contributed by atoms with E-state index in [1.807, 2.05) is 36.1 Å². The predicted molar refractivity (Wildman–Crippen MR) is 114 cm³/mol. The summed E-state index contributed by atoms with van der Waals surface area (Å²) in [5.41, 5.74) is 4.76. The first kappa shape index (κ1) is 17.9. The van der Waals surface area contributed by atoms with Crippen LogP contribution >= 0.6 is 11.3 Å². The normalized spacial score (nSPS) is 13.7. The Kier molecular flexibility index (Phi) is 4.35. The number of hydrogen-bond donors (Lipinski definition) is 1. The number of hydrogen-bond acceptors (Lipinski definition) is 7. The summed E-state index contributed by atoms with van der Waals surface area (Å²) in [5, 5.41) is 13.0. The molecule has 3 aromatic heterocycles. The average molecular weight is 404 g/mol. The fourth-order valence-corrected chi connectivity index (χ4v) is 4.56. The number of rotatable bonds is 4. The third kappa shape index (κ3) is 3.09. The second-order valence-corrected chi connectivity index (χ2v) is 8.29. The van der Waals surface area contributed by atoms with E-state index in [4.69, 9.17) is 0 Å². The van der Waals surface area contributed by atoms with Gasteiger partial charge in [0.25, 0.3) is 5.91 Å². The van der Waals surface area contributed by atoms with Gasteiger partial charge in [0.2, 0.25) is 0 Å². The zero-order chi connectivity index (χ0) is 20.0. The van der Waals surface area contributed by atoms with Gasteiger partial charge in [0.15, 0.2) is 0 Å². The van der Waals surface area contributed by atoms with Crippen molar-refractivity contribution in [2.45, 2.75) is 26.8 Å². The molecule has 1 aliphatic rings. The lowest BCUT2D eigenvalue weighted by Crippen LogP contribution is -2.41. The first-order chi connectivity index (χ1) is 14.1. The highest BCUT2D eigenvalue weighted by molar-refractivity contribution is 7.25. The molecule has 0 atom stereocenters. The third-order valence-electron chi connectivity index (χ3n) is 5.47. The number of aryl methyl sites for hydroxylation is 2. The van der Waals surface area contributed by atoms with E-state index in [9.17, 15) is 4.79 Å². The molecular weight excluding hydrogens is 384 g/mol. The lowest BCUT2D eigenvalue weighted by molar-refractivity contribution is 0.0652. The topological polar surface area (TPSA) is 83.9 Å². The molecule has 5 rings (SSSR count). The van der Waals surface area contributed by atoms with Crippen molar-refractivity contribution in [2.24, 2.45) is 0 Å². The third-order valence-corrected chi connectivity index (χ3v) is 6.54. The van der Waals surface area contributed by atoms with Gasteiger partial charge < -0.3 is 10.2 Å². The Labute approximate surface area is 171 Å². The lowest BCUT2D eigenvalue weighted by atomic mass is 10.1. The van der Waals surface area contributed by atoms with Crippen molar-refractivity contribution in [3.05, 3.63) is 53.0 Å². The monoisotopic (exact) mass is 404 g/mol. The van der Waals surface area contributed by atoms with Gasteiger partial charge in [-0.3, -0.25) is 4.79 Å². The van der Waals surface area contributed by atoms with Crippen molar-refractivity contribution in [3.63, 3.8) is 0 Å². The number of carbonyl (C=O) groups is 1. The first-order valence-electron chi connectivity index (χ1n) is 9.61. The van der Waals surface area contributed by atoms with Crippen molar-refractivity contribution < 1.29 is 4.79 Å². The number of amides is 1. The van der Waals surface area contributed by atoms with Crippen molar-refractivity contribution in [1.82, 2.24) is 25.1 Å². The van der Waals surface area contributed by atoms with Gasteiger partial charge in [-0.2, -0.15) is 5.10 Å². The largest absolute Gasteiger partial charge is 0.365 e. The van der Waals surface area contributed by atoms with Gasteiger partial charge in [0.05, 0.1) is 15.9 Å². The second kappa shape index (κ2) is 7.04. The summed E-state index contributed by atoms with van der Waals surface area (Å²) in [6.07, 6.45) is 2.68. The van der Waals surface area contributed by atoms with E-state index >= 15 is 0 Å². The molecule has 1 fully saturated rings. The Morgan fingerprint density at radius 2 is 1.93 bits per heavy atom. The molecule has 0 unspecified atom stereocenters. The fourth-order valence-electron chi connectivity index (χ4n) is 3.46. The molecule has 0 saturated carbocycles. The van der Waals surface area contributed by atoms with E-state index in [2.05, 4.69) is 32.4 Å². The molecule has 0 bridgehead atoms. The summed E-state index contributed by atoms with van der Waals surface area (Å²) in [4.78, 5) is 24.0. The predicted octanol–water partition coefficient (Wildman–Crippen LogP) is 3.71. The van der Waals surface area contributed by atoms with E-state index in [0.717, 1.165) is 68.1 Å². The number of likely N-dealkylation sites (tertiary alicyclic amines) is 1. The van der Waals surface area contributed by atoms with Gasteiger partial charge in [-0.15, -0.1) is 16.4 Å². The van der Waals surface area contributed by atoms with Crippen LogP contribution in [-0.4, -0.2) is 44.1 Å². The number of thiophene rings is 1. The molecular formula is C21H20N6OS. The Morgan fingerprint density at radius 3 is 2.66 bits per heavy atom. The smallest absolute Gasteiger partial charge is 0.253 e. The first-order valence-corrected chi connectivity index (χ1v) is 10.4. The van der Waals surface area contributed by atoms with E-state index in [0.29, 0.717) is 6.54 Å². The number of carbonyl (C=O) groups excluding carboxylic acids is 1. The maximum atomic E-state index is 12.3. The molecule has 1 aromatic carbocycles. The molecule has 0 spiro atoms. The molecule has 8 heteroatoms. The van der Waals surface area contributed by atoms with E-state index in [1.54, 1.807) is 17.7 Å². The van der Waals surface area contributed by atoms with Gasteiger partial charge in [-0.25, -0.2) is 9.97 Å². The van der Waals surface area contributed by atoms with Crippen LogP contribution in [0, 0.1) is 13.8 Å². The summed E-state index contributed by atoms with van der Waals surface area (Å²) >= 11 is 1.55. The van der Waals surface area contributed by atoms with Crippen molar-refractivity contribution >= 4 is 43.5 Å². The molecule has 1 amide bonds. The van der Waals surface area contributed by atoms with Crippen LogP contribution in [0.4, 0.5) is 5.82 Å². The molecule has 0 aliphatic carbocycles.